The van der Waals surface area contributed by atoms with Crippen LogP contribution in [0.5, 0.6) is 0 Å². The molecule has 0 fully saturated rings. The van der Waals surface area contributed by atoms with E-state index in [4.69, 9.17) is 11.6 Å². The highest BCUT2D eigenvalue weighted by atomic mass is 35.5. The minimum Gasteiger partial charge on any atom is -0.299 e. The van der Waals surface area contributed by atoms with Crippen molar-refractivity contribution in [2.24, 2.45) is 0 Å². The van der Waals surface area contributed by atoms with Crippen LogP contribution in [0, 0.1) is 0 Å². The van der Waals surface area contributed by atoms with Gasteiger partial charge in [-0.3, -0.25) is 9.59 Å². The summed E-state index contributed by atoms with van der Waals surface area (Å²) in [5.41, 5.74) is 0.439. The molecule has 0 aliphatic rings. The lowest BCUT2D eigenvalue weighted by Crippen LogP contribution is -2.08. The van der Waals surface area contributed by atoms with Crippen molar-refractivity contribution in [3.63, 3.8) is 0 Å². The van der Waals surface area contributed by atoms with Crippen molar-refractivity contribution < 1.29 is 9.59 Å². The molecule has 0 N–H and O–H groups in total. The number of carbonyl (C=O) groups excluding carboxylic acids is 2. The highest BCUT2D eigenvalue weighted by molar-refractivity contribution is 6.34. The predicted molar refractivity (Wildman–Crippen MR) is 64.9 cm³/mol. The summed E-state index contributed by atoms with van der Waals surface area (Å²) in [4.78, 5) is 23.2. The summed E-state index contributed by atoms with van der Waals surface area (Å²) >= 11 is 5.87. The molecule has 0 saturated carbocycles. The van der Waals surface area contributed by atoms with Gasteiger partial charge in [0.15, 0.2) is 5.78 Å². The monoisotopic (exact) mass is 238 g/mol. The lowest BCUT2D eigenvalue weighted by atomic mass is 10.0. The highest BCUT2D eigenvalue weighted by Crippen LogP contribution is 2.17. The van der Waals surface area contributed by atoms with Gasteiger partial charge >= 0.3 is 0 Å². The molecule has 1 aromatic rings. The Kier molecular flexibility index (Phi) is 5.20. The van der Waals surface area contributed by atoms with Crippen LogP contribution in [0.25, 0.3) is 0 Å². The summed E-state index contributed by atoms with van der Waals surface area (Å²) < 4.78 is 0. The molecule has 0 aliphatic heterocycles. The first-order chi connectivity index (χ1) is 7.65. The second kappa shape index (κ2) is 6.44. The molecule has 0 heterocycles. The van der Waals surface area contributed by atoms with Crippen LogP contribution >= 0.6 is 11.6 Å². The number of hydrogen-bond donors (Lipinski definition) is 0. The summed E-state index contributed by atoms with van der Waals surface area (Å²) in [7, 11) is 0. The minimum absolute atomic E-state index is 0.00762. The normalized spacial score (nSPS) is 10.1. The number of rotatable bonds is 6. The van der Waals surface area contributed by atoms with Crippen LogP contribution in [0.2, 0.25) is 5.02 Å². The number of carbonyl (C=O) groups is 2. The van der Waals surface area contributed by atoms with Gasteiger partial charge in [-0.15, -0.1) is 0 Å². The second-order valence-corrected chi connectivity index (χ2v) is 4.13. The predicted octanol–water partition coefficient (Wildman–Crippen LogP) is 3.67. The molecular weight excluding hydrogens is 224 g/mol. The van der Waals surface area contributed by atoms with Crippen molar-refractivity contribution >= 4 is 23.2 Å². The van der Waals surface area contributed by atoms with Crippen LogP contribution in [0.3, 0.4) is 0 Å². The van der Waals surface area contributed by atoms with E-state index < -0.39 is 0 Å². The molecule has 0 aromatic heterocycles. The molecule has 3 heteroatoms. The Bertz CT molecular complexity index is 385. The molecule has 1 aromatic carbocycles. The zero-order chi connectivity index (χ0) is 12.0. The van der Waals surface area contributed by atoms with Crippen molar-refractivity contribution in [2.75, 3.05) is 0 Å². The molecule has 0 aliphatic carbocycles. The van der Waals surface area contributed by atoms with E-state index in [1.165, 1.54) is 0 Å². The van der Waals surface area contributed by atoms with E-state index in [1.54, 1.807) is 24.3 Å². The quantitative estimate of drug-likeness (QED) is 0.560. The summed E-state index contributed by atoms with van der Waals surface area (Å²) in [6.45, 7) is 2.02. The van der Waals surface area contributed by atoms with Gasteiger partial charge in [-0.2, -0.15) is 0 Å². The number of halogens is 1. The third-order valence-corrected chi connectivity index (χ3v) is 2.67. The Morgan fingerprint density at radius 2 is 1.94 bits per heavy atom. The van der Waals surface area contributed by atoms with Gasteiger partial charge in [0.1, 0.15) is 5.78 Å². The highest BCUT2D eigenvalue weighted by Gasteiger charge is 2.13. The zero-order valence-corrected chi connectivity index (χ0v) is 10.1. The molecule has 0 unspecified atom stereocenters. The maximum Gasteiger partial charge on any atom is 0.171 e. The Morgan fingerprint density at radius 1 is 1.25 bits per heavy atom. The number of hydrogen-bond acceptors (Lipinski definition) is 2. The Labute approximate surface area is 101 Å². The molecule has 2 nitrogen and oxygen atoms in total. The van der Waals surface area contributed by atoms with Crippen molar-refractivity contribution in [3.8, 4) is 0 Å². The van der Waals surface area contributed by atoms with E-state index in [9.17, 15) is 9.59 Å². The summed E-state index contributed by atoms with van der Waals surface area (Å²) in [5, 5.41) is 0.413. The summed E-state index contributed by atoms with van der Waals surface area (Å²) in [6, 6.07) is 6.82. The fourth-order valence-electron chi connectivity index (χ4n) is 1.42. The van der Waals surface area contributed by atoms with E-state index in [0.29, 0.717) is 17.0 Å². The van der Waals surface area contributed by atoms with Gasteiger partial charge in [-0.05, 0) is 18.6 Å². The van der Waals surface area contributed by atoms with E-state index >= 15 is 0 Å². The molecule has 0 bridgehead atoms. The van der Waals surface area contributed by atoms with Crippen LogP contribution in [0.4, 0.5) is 0 Å². The van der Waals surface area contributed by atoms with Crippen LogP contribution < -0.4 is 0 Å². The lowest BCUT2D eigenvalue weighted by Gasteiger charge is -2.02. The fraction of sp³-hybridized carbons (Fsp3) is 0.385. The third-order valence-electron chi connectivity index (χ3n) is 2.34. The first-order valence-corrected chi connectivity index (χ1v) is 5.82. The zero-order valence-electron chi connectivity index (χ0n) is 9.33. The fourth-order valence-corrected chi connectivity index (χ4v) is 1.67. The largest absolute Gasteiger partial charge is 0.299 e. The van der Waals surface area contributed by atoms with Gasteiger partial charge in [0.25, 0.3) is 0 Å². The van der Waals surface area contributed by atoms with Crippen molar-refractivity contribution in [3.05, 3.63) is 34.9 Å². The van der Waals surface area contributed by atoms with Gasteiger partial charge in [-0.25, -0.2) is 0 Å². The summed E-state index contributed by atoms with van der Waals surface area (Å²) in [5.74, 6) is -0.196. The molecule has 0 amide bonds. The minimum atomic E-state index is -0.188. The van der Waals surface area contributed by atoms with Gasteiger partial charge < -0.3 is 0 Å². The van der Waals surface area contributed by atoms with Crippen molar-refractivity contribution in [2.45, 2.75) is 32.6 Å². The number of benzene rings is 1. The standard InChI is InChI=1S/C13H15ClO2/c1-2-3-6-10(15)9-13(16)11-7-4-5-8-12(11)14/h4-5,7-8H,2-3,6,9H2,1H3. The number of unbranched alkanes of at least 4 members (excludes halogenated alkanes) is 1. The Hall–Kier alpha value is -1.15. The van der Waals surface area contributed by atoms with Gasteiger partial charge in [0.05, 0.1) is 11.4 Å². The van der Waals surface area contributed by atoms with Crippen LogP contribution in [0.1, 0.15) is 43.0 Å². The Morgan fingerprint density at radius 3 is 2.56 bits per heavy atom. The van der Waals surface area contributed by atoms with Crippen LogP contribution in [-0.4, -0.2) is 11.6 Å². The van der Waals surface area contributed by atoms with Gasteiger partial charge in [0.2, 0.25) is 0 Å². The molecule has 0 saturated heterocycles. The van der Waals surface area contributed by atoms with Crippen LogP contribution in [-0.2, 0) is 4.79 Å². The number of ketones is 2. The first-order valence-electron chi connectivity index (χ1n) is 5.44. The average Bonchev–Trinajstić information content (AvgIpc) is 2.26. The molecule has 1 rings (SSSR count). The molecule has 0 atom stereocenters. The topological polar surface area (TPSA) is 34.1 Å². The maximum atomic E-state index is 11.7. The smallest absolute Gasteiger partial charge is 0.171 e. The van der Waals surface area contributed by atoms with Crippen molar-refractivity contribution in [1.29, 1.82) is 0 Å². The van der Waals surface area contributed by atoms with Gasteiger partial charge in [0, 0.05) is 12.0 Å². The molecule has 16 heavy (non-hydrogen) atoms. The van der Waals surface area contributed by atoms with E-state index in [1.807, 2.05) is 6.92 Å². The molecule has 0 spiro atoms. The molecule has 86 valence electrons. The summed E-state index contributed by atoms with van der Waals surface area (Å²) in [6.07, 6.45) is 2.25. The van der Waals surface area contributed by atoms with E-state index in [0.717, 1.165) is 12.8 Å². The first kappa shape index (κ1) is 12.9. The average molecular weight is 239 g/mol. The Balaban J connectivity index is 2.59. The van der Waals surface area contributed by atoms with Crippen LogP contribution in [0.15, 0.2) is 24.3 Å². The maximum absolute atomic E-state index is 11.7. The third kappa shape index (κ3) is 3.78. The number of Topliss-reactive ketones (excluding diaryl/α,β-unsaturated/α-hetero) is 2. The van der Waals surface area contributed by atoms with Gasteiger partial charge in [-0.1, -0.05) is 37.1 Å². The van der Waals surface area contributed by atoms with Crippen molar-refractivity contribution in [1.82, 2.24) is 0 Å². The molecule has 0 radical (unpaired) electrons. The SMILES string of the molecule is CCCCC(=O)CC(=O)c1ccccc1Cl. The lowest BCUT2D eigenvalue weighted by molar-refractivity contribution is -0.118. The van der Waals surface area contributed by atoms with E-state index in [-0.39, 0.29) is 18.0 Å². The second-order valence-electron chi connectivity index (χ2n) is 3.72. The molecular formula is C13H15ClO2. The van der Waals surface area contributed by atoms with E-state index in [2.05, 4.69) is 0 Å².